The number of nitrogen functional groups attached to an aromatic ring is 1. The third kappa shape index (κ3) is 2.55. The number of anilines is 3. The van der Waals surface area contributed by atoms with E-state index in [1.54, 1.807) is 13.0 Å². The van der Waals surface area contributed by atoms with Crippen molar-refractivity contribution in [2.24, 2.45) is 0 Å². The maximum Gasteiger partial charge on any atom is 0.128 e. The summed E-state index contributed by atoms with van der Waals surface area (Å²) in [6.07, 6.45) is 0. The van der Waals surface area contributed by atoms with Crippen LogP contribution in [0.4, 0.5) is 21.5 Å². The molecule has 0 aliphatic heterocycles. The SMILES string of the molecule is Cc1ccc(N(C)c2cc(C)c(F)cc2N)c(C)c1. The second-order valence-electron chi connectivity index (χ2n) is 5.01. The fraction of sp³-hybridized carbons (Fsp3) is 0.250. The van der Waals surface area contributed by atoms with Gasteiger partial charge in [-0.15, -0.1) is 0 Å². The van der Waals surface area contributed by atoms with Crippen LogP contribution in [0.2, 0.25) is 0 Å². The van der Waals surface area contributed by atoms with Crippen molar-refractivity contribution in [2.75, 3.05) is 17.7 Å². The minimum Gasteiger partial charge on any atom is -0.397 e. The lowest BCUT2D eigenvalue weighted by atomic mass is 10.1. The van der Waals surface area contributed by atoms with Crippen molar-refractivity contribution >= 4 is 17.1 Å². The van der Waals surface area contributed by atoms with Crippen molar-refractivity contribution in [2.45, 2.75) is 20.8 Å². The van der Waals surface area contributed by atoms with Gasteiger partial charge in [0.25, 0.3) is 0 Å². The summed E-state index contributed by atoms with van der Waals surface area (Å²) in [6.45, 7) is 5.87. The van der Waals surface area contributed by atoms with E-state index in [2.05, 4.69) is 32.0 Å². The molecular weight excluding hydrogens is 239 g/mol. The normalized spacial score (nSPS) is 10.6. The number of hydrogen-bond acceptors (Lipinski definition) is 2. The molecule has 0 heterocycles. The van der Waals surface area contributed by atoms with Crippen LogP contribution in [0.3, 0.4) is 0 Å². The summed E-state index contributed by atoms with van der Waals surface area (Å²) in [5, 5.41) is 0. The maximum atomic E-state index is 13.5. The Morgan fingerprint density at radius 1 is 0.947 bits per heavy atom. The van der Waals surface area contributed by atoms with Crippen LogP contribution in [0.5, 0.6) is 0 Å². The summed E-state index contributed by atoms with van der Waals surface area (Å²) in [7, 11) is 1.95. The van der Waals surface area contributed by atoms with Crippen LogP contribution in [0.25, 0.3) is 0 Å². The highest BCUT2D eigenvalue weighted by atomic mass is 19.1. The first-order chi connectivity index (χ1) is 8.90. The molecule has 0 amide bonds. The molecule has 100 valence electrons. The molecule has 2 aromatic carbocycles. The minimum absolute atomic E-state index is 0.268. The van der Waals surface area contributed by atoms with Gasteiger partial charge in [-0.2, -0.15) is 0 Å². The average molecular weight is 258 g/mol. The third-order valence-electron chi connectivity index (χ3n) is 3.38. The van der Waals surface area contributed by atoms with Crippen LogP contribution >= 0.6 is 0 Å². The Kier molecular flexibility index (Phi) is 3.47. The molecule has 0 atom stereocenters. The largest absolute Gasteiger partial charge is 0.397 e. The van der Waals surface area contributed by atoms with Gasteiger partial charge in [-0.25, -0.2) is 4.39 Å². The van der Waals surface area contributed by atoms with Crippen LogP contribution in [0.15, 0.2) is 30.3 Å². The van der Waals surface area contributed by atoms with E-state index in [0.717, 1.165) is 11.4 Å². The Hall–Kier alpha value is -2.03. The average Bonchev–Trinajstić information content (AvgIpc) is 2.33. The molecule has 0 bridgehead atoms. The summed E-state index contributed by atoms with van der Waals surface area (Å²) in [6, 6.07) is 9.40. The lowest BCUT2D eigenvalue weighted by Gasteiger charge is -2.24. The van der Waals surface area contributed by atoms with Crippen molar-refractivity contribution in [3.05, 3.63) is 52.8 Å². The second-order valence-corrected chi connectivity index (χ2v) is 5.01. The van der Waals surface area contributed by atoms with Crippen molar-refractivity contribution in [1.82, 2.24) is 0 Å². The molecule has 0 radical (unpaired) electrons. The van der Waals surface area contributed by atoms with Crippen LogP contribution in [-0.2, 0) is 0 Å². The van der Waals surface area contributed by atoms with Gasteiger partial charge in [0.05, 0.1) is 11.4 Å². The van der Waals surface area contributed by atoms with E-state index in [1.165, 1.54) is 17.2 Å². The monoisotopic (exact) mass is 258 g/mol. The molecule has 0 aliphatic carbocycles. The van der Waals surface area contributed by atoms with E-state index >= 15 is 0 Å². The Morgan fingerprint density at radius 2 is 1.63 bits per heavy atom. The van der Waals surface area contributed by atoms with Crippen LogP contribution < -0.4 is 10.6 Å². The van der Waals surface area contributed by atoms with Crippen molar-refractivity contribution in [1.29, 1.82) is 0 Å². The smallest absolute Gasteiger partial charge is 0.128 e. The van der Waals surface area contributed by atoms with E-state index in [4.69, 9.17) is 5.73 Å². The van der Waals surface area contributed by atoms with Gasteiger partial charge >= 0.3 is 0 Å². The third-order valence-corrected chi connectivity index (χ3v) is 3.38. The zero-order valence-corrected chi connectivity index (χ0v) is 11.8. The zero-order chi connectivity index (χ0) is 14.2. The van der Waals surface area contributed by atoms with Crippen molar-refractivity contribution in [3.8, 4) is 0 Å². The summed E-state index contributed by atoms with van der Waals surface area (Å²) in [5.74, 6) is -0.268. The minimum atomic E-state index is -0.268. The Balaban J connectivity index is 2.49. The van der Waals surface area contributed by atoms with Gasteiger partial charge < -0.3 is 10.6 Å². The molecule has 3 heteroatoms. The fourth-order valence-corrected chi connectivity index (χ4v) is 2.28. The van der Waals surface area contributed by atoms with Gasteiger partial charge in [-0.3, -0.25) is 0 Å². The molecule has 0 fully saturated rings. The summed E-state index contributed by atoms with van der Waals surface area (Å²) >= 11 is 0. The molecule has 0 aromatic heterocycles. The number of benzene rings is 2. The molecule has 0 aliphatic rings. The predicted octanol–water partition coefficient (Wildman–Crippen LogP) is 4.10. The van der Waals surface area contributed by atoms with E-state index in [1.807, 2.05) is 11.9 Å². The molecule has 0 saturated heterocycles. The first kappa shape index (κ1) is 13.4. The Bertz CT molecular complexity index is 620. The van der Waals surface area contributed by atoms with Crippen LogP contribution in [0, 0.1) is 26.6 Å². The highest BCUT2D eigenvalue weighted by Gasteiger charge is 2.12. The van der Waals surface area contributed by atoms with Crippen LogP contribution in [0.1, 0.15) is 16.7 Å². The first-order valence-electron chi connectivity index (χ1n) is 6.26. The highest BCUT2D eigenvalue weighted by Crippen LogP contribution is 2.33. The van der Waals surface area contributed by atoms with Gasteiger partial charge in [0.2, 0.25) is 0 Å². The summed E-state index contributed by atoms with van der Waals surface area (Å²) < 4.78 is 13.5. The Labute approximate surface area is 113 Å². The van der Waals surface area contributed by atoms with Gasteiger partial charge in [-0.1, -0.05) is 17.7 Å². The molecule has 2 N–H and O–H groups in total. The number of hydrogen-bond donors (Lipinski definition) is 1. The molecule has 0 unspecified atom stereocenters. The highest BCUT2D eigenvalue weighted by molar-refractivity contribution is 5.76. The second kappa shape index (κ2) is 4.92. The Morgan fingerprint density at radius 3 is 2.26 bits per heavy atom. The number of rotatable bonds is 2. The first-order valence-corrected chi connectivity index (χ1v) is 6.26. The van der Waals surface area contributed by atoms with Crippen LogP contribution in [-0.4, -0.2) is 7.05 Å². The van der Waals surface area contributed by atoms with E-state index in [9.17, 15) is 4.39 Å². The molecule has 19 heavy (non-hydrogen) atoms. The van der Waals surface area contributed by atoms with Crippen molar-refractivity contribution < 1.29 is 4.39 Å². The van der Waals surface area contributed by atoms with E-state index < -0.39 is 0 Å². The fourth-order valence-electron chi connectivity index (χ4n) is 2.28. The molecule has 2 nitrogen and oxygen atoms in total. The van der Waals surface area contributed by atoms with E-state index in [-0.39, 0.29) is 5.82 Å². The lowest BCUT2D eigenvalue weighted by Crippen LogP contribution is -2.13. The molecule has 2 rings (SSSR count). The summed E-state index contributed by atoms with van der Waals surface area (Å²) in [5.41, 5.74) is 11.3. The number of nitrogens with two attached hydrogens (primary N) is 1. The van der Waals surface area contributed by atoms with Gasteiger partial charge in [-0.05, 0) is 50.1 Å². The zero-order valence-electron chi connectivity index (χ0n) is 11.8. The molecule has 0 spiro atoms. The maximum absolute atomic E-state index is 13.5. The number of halogens is 1. The number of nitrogens with zero attached hydrogens (tertiary/aromatic N) is 1. The molecule has 2 aromatic rings. The van der Waals surface area contributed by atoms with E-state index in [0.29, 0.717) is 11.3 Å². The molecule has 0 saturated carbocycles. The quantitative estimate of drug-likeness (QED) is 0.822. The predicted molar refractivity (Wildman–Crippen MR) is 79.5 cm³/mol. The van der Waals surface area contributed by atoms with Gasteiger partial charge in [0, 0.05) is 12.7 Å². The van der Waals surface area contributed by atoms with Gasteiger partial charge in [0.1, 0.15) is 5.82 Å². The standard InChI is InChI=1S/C16H19FN2/c1-10-5-6-15(12(3)7-10)19(4)16-8-11(2)13(17)9-14(16)18/h5-9H,18H2,1-4H3. The number of aryl methyl sites for hydroxylation is 3. The lowest BCUT2D eigenvalue weighted by molar-refractivity contribution is 0.619. The topological polar surface area (TPSA) is 29.3 Å². The summed E-state index contributed by atoms with van der Waals surface area (Å²) in [4.78, 5) is 2.00. The van der Waals surface area contributed by atoms with Gasteiger partial charge in [0.15, 0.2) is 0 Å². The van der Waals surface area contributed by atoms with Crippen molar-refractivity contribution in [3.63, 3.8) is 0 Å². The molecular formula is C16H19FN2.